The Kier molecular flexibility index (Phi) is 5.25. The Morgan fingerprint density at radius 1 is 1.47 bits per heavy atom. The van der Waals surface area contributed by atoms with Gasteiger partial charge in [0, 0.05) is 0 Å². The van der Waals surface area contributed by atoms with Crippen molar-refractivity contribution in [3.05, 3.63) is 29.6 Å². The summed E-state index contributed by atoms with van der Waals surface area (Å²) < 4.78 is 42.0. The molecule has 4 nitrogen and oxygen atoms in total. The second-order valence-corrected chi connectivity index (χ2v) is 7.36. The first-order valence-electron chi connectivity index (χ1n) is 5.68. The summed E-state index contributed by atoms with van der Waals surface area (Å²) in [4.78, 5) is -0.125. The quantitative estimate of drug-likeness (QED) is 0.810. The van der Waals surface area contributed by atoms with Gasteiger partial charge in [-0.05, 0) is 26.0 Å². The van der Waals surface area contributed by atoms with E-state index in [1.54, 1.807) is 13.8 Å². The van der Waals surface area contributed by atoms with Crippen LogP contribution in [0.2, 0.25) is 0 Å². The van der Waals surface area contributed by atoms with Crippen molar-refractivity contribution in [1.29, 1.82) is 0 Å². The molecule has 0 amide bonds. The van der Waals surface area contributed by atoms with E-state index in [-0.39, 0.29) is 28.7 Å². The highest BCUT2D eigenvalue weighted by molar-refractivity contribution is 7.92. The van der Waals surface area contributed by atoms with Gasteiger partial charge in [0.05, 0.1) is 16.6 Å². The molecule has 0 heterocycles. The van der Waals surface area contributed by atoms with Crippen LogP contribution in [0.3, 0.4) is 0 Å². The first-order valence-corrected chi connectivity index (χ1v) is 7.80. The van der Waals surface area contributed by atoms with Crippen molar-refractivity contribution in [3.8, 4) is 5.75 Å². The number of halogens is 1. The second kappa shape index (κ2) is 6.29. The Bertz CT molecular complexity index is 570. The molecule has 0 bridgehead atoms. The van der Waals surface area contributed by atoms with E-state index in [2.05, 4.69) is 0 Å². The van der Waals surface area contributed by atoms with Crippen LogP contribution in [0.15, 0.2) is 18.2 Å². The molecule has 0 saturated heterocycles. The lowest BCUT2D eigenvalue weighted by Crippen LogP contribution is -2.23. The summed E-state index contributed by atoms with van der Waals surface area (Å²) in [5, 5.41) is -0.473. The van der Waals surface area contributed by atoms with Crippen molar-refractivity contribution in [2.24, 2.45) is 5.73 Å². The minimum absolute atomic E-state index is 0.000514. The Hall–Kier alpha value is -1.21. The van der Waals surface area contributed by atoms with Crippen molar-refractivity contribution in [1.82, 2.24) is 0 Å². The van der Waals surface area contributed by atoms with Crippen LogP contribution in [0.25, 0.3) is 0 Å². The van der Waals surface area contributed by atoms with Crippen LogP contribution in [-0.2, 0) is 9.84 Å². The van der Waals surface area contributed by atoms with Gasteiger partial charge in [0.15, 0.2) is 9.84 Å². The van der Waals surface area contributed by atoms with Gasteiger partial charge in [-0.25, -0.2) is 12.8 Å². The summed E-state index contributed by atoms with van der Waals surface area (Å²) in [6.45, 7) is 3.12. The number of sulfone groups is 1. The number of thiocarbonyl (C=S) groups is 1. The Balaban J connectivity index is 2.80. The standard InChI is InChI=1S/C12H16FNO3S2/c1-8(2)19(15,16)7-6-17-10-5-3-4-9(13)11(10)12(14)18/h3-5,8H,6-7H2,1-2H3,(H2,14,18). The van der Waals surface area contributed by atoms with Gasteiger partial charge in [0.25, 0.3) is 0 Å². The molecule has 0 atom stereocenters. The molecule has 0 unspecified atom stereocenters. The summed E-state index contributed by atoms with van der Waals surface area (Å²) >= 11 is 4.74. The summed E-state index contributed by atoms with van der Waals surface area (Å²) in [7, 11) is -3.19. The molecule has 0 aromatic heterocycles. The third kappa shape index (κ3) is 4.14. The Morgan fingerprint density at radius 3 is 2.63 bits per heavy atom. The van der Waals surface area contributed by atoms with Crippen molar-refractivity contribution in [2.75, 3.05) is 12.4 Å². The molecule has 0 fully saturated rings. The molecular formula is C12H16FNO3S2. The average molecular weight is 305 g/mol. The number of benzene rings is 1. The minimum atomic E-state index is -3.19. The highest BCUT2D eigenvalue weighted by Crippen LogP contribution is 2.21. The van der Waals surface area contributed by atoms with Crippen LogP contribution < -0.4 is 10.5 Å². The summed E-state index contributed by atoms with van der Waals surface area (Å²) in [5.41, 5.74) is 5.41. The molecule has 7 heteroatoms. The molecule has 0 aliphatic carbocycles. The third-order valence-corrected chi connectivity index (χ3v) is 4.94. The van der Waals surface area contributed by atoms with Gasteiger partial charge in [-0.1, -0.05) is 18.3 Å². The predicted molar refractivity (Wildman–Crippen MR) is 76.7 cm³/mol. The van der Waals surface area contributed by atoms with Crippen molar-refractivity contribution >= 4 is 27.0 Å². The number of rotatable bonds is 6. The predicted octanol–water partition coefficient (Wildman–Crippen LogP) is 1.66. The Morgan fingerprint density at radius 2 is 2.11 bits per heavy atom. The number of hydrogen-bond acceptors (Lipinski definition) is 4. The maximum absolute atomic E-state index is 13.5. The topological polar surface area (TPSA) is 69.4 Å². The monoisotopic (exact) mass is 305 g/mol. The fourth-order valence-electron chi connectivity index (χ4n) is 1.37. The van der Waals surface area contributed by atoms with Crippen LogP contribution in [-0.4, -0.2) is 31.0 Å². The van der Waals surface area contributed by atoms with Gasteiger partial charge in [0.2, 0.25) is 0 Å². The normalized spacial score (nSPS) is 11.6. The van der Waals surface area contributed by atoms with E-state index in [1.165, 1.54) is 18.2 Å². The van der Waals surface area contributed by atoms with E-state index in [9.17, 15) is 12.8 Å². The van der Waals surface area contributed by atoms with Gasteiger partial charge in [-0.3, -0.25) is 0 Å². The zero-order valence-electron chi connectivity index (χ0n) is 10.7. The summed E-state index contributed by atoms with van der Waals surface area (Å²) in [6.07, 6.45) is 0. The van der Waals surface area contributed by atoms with E-state index >= 15 is 0 Å². The van der Waals surface area contributed by atoms with E-state index in [4.69, 9.17) is 22.7 Å². The van der Waals surface area contributed by atoms with Crippen LogP contribution in [0.5, 0.6) is 5.75 Å². The number of ether oxygens (including phenoxy) is 1. The highest BCUT2D eigenvalue weighted by atomic mass is 32.2. The van der Waals surface area contributed by atoms with Crippen LogP contribution in [0.4, 0.5) is 4.39 Å². The third-order valence-electron chi connectivity index (χ3n) is 2.57. The van der Waals surface area contributed by atoms with Gasteiger partial charge < -0.3 is 10.5 Å². The summed E-state index contributed by atoms with van der Waals surface area (Å²) in [5.74, 6) is -0.569. The lowest BCUT2D eigenvalue weighted by Gasteiger charge is -2.12. The van der Waals surface area contributed by atoms with E-state index < -0.39 is 20.9 Å². The molecule has 1 aromatic carbocycles. The lowest BCUT2D eigenvalue weighted by atomic mass is 10.2. The van der Waals surface area contributed by atoms with Crippen molar-refractivity contribution in [2.45, 2.75) is 19.1 Å². The number of hydrogen-bond donors (Lipinski definition) is 1. The largest absolute Gasteiger partial charge is 0.492 e. The smallest absolute Gasteiger partial charge is 0.155 e. The van der Waals surface area contributed by atoms with Crippen LogP contribution >= 0.6 is 12.2 Å². The zero-order chi connectivity index (χ0) is 14.6. The molecule has 0 spiro atoms. The SMILES string of the molecule is CC(C)S(=O)(=O)CCOc1cccc(F)c1C(N)=S. The molecule has 0 saturated carbocycles. The molecule has 19 heavy (non-hydrogen) atoms. The van der Waals surface area contributed by atoms with Gasteiger partial charge in [-0.2, -0.15) is 0 Å². The van der Waals surface area contributed by atoms with E-state index in [0.717, 1.165) is 0 Å². The molecule has 1 aromatic rings. The molecule has 0 aliphatic heterocycles. The highest BCUT2D eigenvalue weighted by Gasteiger charge is 2.17. The van der Waals surface area contributed by atoms with E-state index in [1.807, 2.05) is 0 Å². The van der Waals surface area contributed by atoms with Gasteiger partial charge in [-0.15, -0.1) is 0 Å². The molecule has 2 N–H and O–H groups in total. The van der Waals surface area contributed by atoms with Gasteiger partial charge in [0.1, 0.15) is 23.2 Å². The van der Waals surface area contributed by atoms with E-state index in [0.29, 0.717) is 0 Å². The zero-order valence-corrected chi connectivity index (χ0v) is 12.4. The van der Waals surface area contributed by atoms with Crippen LogP contribution in [0.1, 0.15) is 19.4 Å². The molecule has 106 valence electrons. The molecular weight excluding hydrogens is 289 g/mol. The first-order chi connectivity index (χ1) is 8.75. The van der Waals surface area contributed by atoms with Crippen molar-refractivity contribution < 1.29 is 17.5 Å². The second-order valence-electron chi connectivity index (χ2n) is 4.24. The first kappa shape index (κ1) is 15.8. The summed E-state index contributed by atoms with van der Waals surface area (Å²) in [6, 6.07) is 4.16. The Labute approximate surface area is 117 Å². The number of nitrogens with two attached hydrogens (primary N) is 1. The molecule has 1 rings (SSSR count). The fraction of sp³-hybridized carbons (Fsp3) is 0.417. The molecule has 0 radical (unpaired) electrons. The fourth-order valence-corrected chi connectivity index (χ4v) is 2.35. The lowest BCUT2D eigenvalue weighted by molar-refractivity contribution is 0.338. The maximum atomic E-state index is 13.5. The van der Waals surface area contributed by atoms with Gasteiger partial charge >= 0.3 is 0 Å². The van der Waals surface area contributed by atoms with Crippen LogP contribution in [0, 0.1) is 5.82 Å². The minimum Gasteiger partial charge on any atom is -0.492 e. The molecule has 0 aliphatic rings. The maximum Gasteiger partial charge on any atom is 0.155 e. The van der Waals surface area contributed by atoms with Crippen molar-refractivity contribution in [3.63, 3.8) is 0 Å². The average Bonchev–Trinajstić information content (AvgIpc) is 2.27.